The van der Waals surface area contributed by atoms with Crippen LogP contribution in [-0.4, -0.2) is 72.1 Å². The van der Waals surface area contributed by atoms with Crippen LogP contribution in [0.25, 0.3) is 5.76 Å². The smallest absolute Gasteiger partial charge is 0.295 e. The van der Waals surface area contributed by atoms with Crippen molar-refractivity contribution in [2.24, 2.45) is 0 Å². The van der Waals surface area contributed by atoms with Crippen LogP contribution in [-0.2, 0) is 20.7 Å². The Labute approximate surface area is 233 Å². The first-order valence-electron chi connectivity index (χ1n) is 13.7. The van der Waals surface area contributed by atoms with Gasteiger partial charge in [0.25, 0.3) is 11.7 Å². The minimum atomic E-state index is -0.760. The maximum absolute atomic E-state index is 13.5. The van der Waals surface area contributed by atoms with Crippen LogP contribution in [0, 0.1) is 0 Å². The molecule has 0 aromatic heterocycles. The highest BCUT2D eigenvalue weighted by molar-refractivity contribution is 6.46. The molecule has 206 valence electrons. The number of fused-ring (bicyclic) bond motifs is 1. The zero-order valence-corrected chi connectivity index (χ0v) is 22.4. The van der Waals surface area contributed by atoms with Gasteiger partial charge in [0, 0.05) is 38.2 Å². The van der Waals surface area contributed by atoms with E-state index >= 15 is 0 Å². The summed E-state index contributed by atoms with van der Waals surface area (Å²) in [5.41, 5.74) is 2.22. The van der Waals surface area contributed by atoms with E-state index in [9.17, 15) is 14.7 Å². The Bertz CT molecular complexity index is 1450. The third kappa shape index (κ3) is 5.20. The molecule has 0 unspecified atom stereocenters. The Balaban J connectivity index is 1.38. The summed E-state index contributed by atoms with van der Waals surface area (Å²) in [5, 5.41) is 11.6. The van der Waals surface area contributed by atoms with Crippen LogP contribution in [0.1, 0.15) is 29.7 Å². The lowest BCUT2D eigenvalue weighted by atomic mass is 9.94. The SMILES string of the molecule is C[C@@H]1Cc2cc(C(O)=C3C(=O)C(=O)N(CCN4CCOCC4)[C@@H]3c3cccc(Oc4ccccc4)c3)ccc2O1. The number of Topliss-reactive ketones (excluding diaryl/α,β-unsaturated/α-hetero) is 1. The van der Waals surface area contributed by atoms with E-state index in [2.05, 4.69) is 4.90 Å². The number of carbonyl (C=O) groups excluding carboxylic acids is 2. The number of benzene rings is 3. The molecule has 0 aliphatic carbocycles. The summed E-state index contributed by atoms with van der Waals surface area (Å²) in [6.07, 6.45) is 0.762. The molecule has 0 spiro atoms. The molecule has 8 heteroatoms. The fourth-order valence-electron chi connectivity index (χ4n) is 5.63. The van der Waals surface area contributed by atoms with Crippen LogP contribution in [0.15, 0.2) is 78.4 Å². The molecule has 2 atom stereocenters. The number of aliphatic hydroxyl groups excluding tert-OH is 1. The number of ether oxygens (including phenoxy) is 3. The van der Waals surface area contributed by atoms with Crippen molar-refractivity contribution in [2.45, 2.75) is 25.5 Å². The number of amides is 1. The lowest BCUT2D eigenvalue weighted by Crippen LogP contribution is -2.42. The number of aliphatic hydroxyl groups is 1. The molecule has 0 saturated carbocycles. The number of nitrogens with zero attached hydrogens (tertiary/aromatic N) is 2. The summed E-state index contributed by atoms with van der Waals surface area (Å²) in [4.78, 5) is 30.8. The normalized spacial score (nSPS) is 22.3. The summed E-state index contributed by atoms with van der Waals surface area (Å²) in [6.45, 7) is 5.75. The van der Waals surface area contributed by atoms with E-state index in [4.69, 9.17) is 14.2 Å². The number of rotatable bonds is 7. The molecule has 1 N–H and O–H groups in total. The molecule has 8 nitrogen and oxygen atoms in total. The lowest BCUT2D eigenvalue weighted by Gasteiger charge is -2.31. The van der Waals surface area contributed by atoms with E-state index < -0.39 is 17.7 Å². The van der Waals surface area contributed by atoms with Crippen molar-refractivity contribution in [3.63, 3.8) is 0 Å². The number of hydrogen-bond donors (Lipinski definition) is 1. The number of hydrogen-bond acceptors (Lipinski definition) is 7. The molecule has 2 saturated heterocycles. The molecule has 2 fully saturated rings. The van der Waals surface area contributed by atoms with Crippen LogP contribution in [0.2, 0.25) is 0 Å². The average Bonchev–Trinajstić information content (AvgIpc) is 3.47. The van der Waals surface area contributed by atoms with Gasteiger partial charge in [-0.2, -0.15) is 0 Å². The Morgan fingerprint density at radius 2 is 1.73 bits per heavy atom. The van der Waals surface area contributed by atoms with Crippen molar-refractivity contribution in [1.82, 2.24) is 9.80 Å². The zero-order valence-electron chi connectivity index (χ0n) is 22.4. The van der Waals surface area contributed by atoms with Crippen molar-refractivity contribution < 1.29 is 28.9 Å². The third-order valence-electron chi connectivity index (χ3n) is 7.62. The Morgan fingerprint density at radius 3 is 2.52 bits per heavy atom. The minimum absolute atomic E-state index is 0.0468. The summed E-state index contributed by atoms with van der Waals surface area (Å²) in [7, 11) is 0. The van der Waals surface area contributed by atoms with Gasteiger partial charge in [-0.15, -0.1) is 0 Å². The molecule has 0 radical (unpaired) electrons. The van der Waals surface area contributed by atoms with Crippen molar-refractivity contribution in [3.8, 4) is 17.2 Å². The van der Waals surface area contributed by atoms with Gasteiger partial charge in [-0.25, -0.2) is 0 Å². The first kappa shape index (κ1) is 26.1. The molecule has 3 aliphatic heterocycles. The first-order chi connectivity index (χ1) is 19.5. The van der Waals surface area contributed by atoms with Gasteiger partial charge in [-0.05, 0) is 60.5 Å². The first-order valence-corrected chi connectivity index (χ1v) is 13.7. The van der Waals surface area contributed by atoms with Gasteiger partial charge in [0.1, 0.15) is 29.1 Å². The van der Waals surface area contributed by atoms with Crippen molar-refractivity contribution >= 4 is 17.4 Å². The van der Waals surface area contributed by atoms with Gasteiger partial charge >= 0.3 is 0 Å². The van der Waals surface area contributed by atoms with E-state index in [1.54, 1.807) is 11.0 Å². The predicted octanol–water partition coefficient (Wildman–Crippen LogP) is 4.56. The molecule has 6 rings (SSSR count). The molecule has 3 heterocycles. The Hall–Kier alpha value is -4.14. The number of morpholine rings is 1. The fraction of sp³-hybridized carbons (Fsp3) is 0.312. The van der Waals surface area contributed by atoms with Gasteiger partial charge in [0.15, 0.2) is 0 Å². The van der Waals surface area contributed by atoms with Crippen molar-refractivity contribution in [1.29, 1.82) is 0 Å². The van der Waals surface area contributed by atoms with E-state index in [0.717, 1.165) is 24.4 Å². The van der Waals surface area contributed by atoms with Crippen LogP contribution >= 0.6 is 0 Å². The van der Waals surface area contributed by atoms with Crippen molar-refractivity contribution in [2.75, 3.05) is 39.4 Å². The molecule has 1 amide bonds. The van der Waals surface area contributed by atoms with E-state index in [1.807, 2.05) is 73.7 Å². The highest BCUT2D eigenvalue weighted by Gasteiger charge is 2.46. The minimum Gasteiger partial charge on any atom is -0.507 e. The average molecular weight is 541 g/mol. The Morgan fingerprint density at radius 1 is 0.950 bits per heavy atom. The van der Waals surface area contributed by atoms with E-state index in [1.165, 1.54) is 0 Å². The topological polar surface area (TPSA) is 88.5 Å². The zero-order chi connectivity index (χ0) is 27.6. The van der Waals surface area contributed by atoms with Gasteiger partial charge in [-0.3, -0.25) is 14.5 Å². The second-order valence-corrected chi connectivity index (χ2v) is 10.4. The largest absolute Gasteiger partial charge is 0.507 e. The molecular weight excluding hydrogens is 508 g/mol. The molecule has 40 heavy (non-hydrogen) atoms. The van der Waals surface area contributed by atoms with Gasteiger partial charge < -0.3 is 24.2 Å². The van der Waals surface area contributed by atoms with E-state index in [0.29, 0.717) is 55.4 Å². The van der Waals surface area contributed by atoms with Crippen LogP contribution in [0.5, 0.6) is 17.2 Å². The predicted molar refractivity (Wildman–Crippen MR) is 149 cm³/mol. The molecular formula is C32H32N2O6. The second kappa shape index (κ2) is 11.2. The van der Waals surface area contributed by atoms with Crippen LogP contribution < -0.4 is 9.47 Å². The molecule has 3 aromatic rings. The standard InChI is InChI=1S/C32H32N2O6/c1-21-18-24-19-23(10-11-27(24)39-21)30(35)28-29(22-6-5-9-26(20-22)40-25-7-3-2-4-8-25)34(32(37)31(28)36)13-12-33-14-16-38-17-15-33/h2-11,19-21,29,35H,12-18H2,1H3/t21-,29-/m1/s1. The summed E-state index contributed by atoms with van der Waals surface area (Å²) in [6, 6.07) is 21.4. The van der Waals surface area contributed by atoms with Crippen LogP contribution in [0.4, 0.5) is 0 Å². The summed E-state index contributed by atoms with van der Waals surface area (Å²) >= 11 is 0. The lowest BCUT2D eigenvalue weighted by molar-refractivity contribution is -0.140. The van der Waals surface area contributed by atoms with Gasteiger partial charge in [-0.1, -0.05) is 30.3 Å². The highest BCUT2D eigenvalue weighted by Crippen LogP contribution is 2.41. The fourth-order valence-corrected chi connectivity index (χ4v) is 5.63. The number of ketones is 1. The molecule has 3 aliphatic rings. The van der Waals surface area contributed by atoms with Gasteiger partial charge in [0.05, 0.1) is 24.8 Å². The van der Waals surface area contributed by atoms with Crippen LogP contribution in [0.3, 0.4) is 0 Å². The van der Waals surface area contributed by atoms with Gasteiger partial charge in [0.2, 0.25) is 0 Å². The molecule has 0 bridgehead atoms. The summed E-state index contributed by atoms with van der Waals surface area (Å²) < 4.78 is 17.3. The molecule has 3 aromatic carbocycles. The quantitative estimate of drug-likeness (QED) is 0.267. The van der Waals surface area contributed by atoms with Crippen molar-refractivity contribution in [3.05, 3.63) is 95.1 Å². The Kier molecular flexibility index (Phi) is 7.28. The number of likely N-dealkylation sites (tertiary alicyclic amines) is 1. The second-order valence-electron chi connectivity index (χ2n) is 10.4. The summed E-state index contributed by atoms with van der Waals surface area (Å²) in [5.74, 6) is 0.532. The number of para-hydroxylation sites is 1. The highest BCUT2D eigenvalue weighted by atomic mass is 16.5. The number of carbonyl (C=O) groups is 2. The van der Waals surface area contributed by atoms with E-state index in [-0.39, 0.29) is 17.4 Å². The monoisotopic (exact) mass is 540 g/mol. The third-order valence-corrected chi connectivity index (χ3v) is 7.62. The maximum Gasteiger partial charge on any atom is 0.295 e. The maximum atomic E-state index is 13.5.